The molecule has 0 unspecified atom stereocenters. The smallest absolute Gasteiger partial charge is 0.152 e. The maximum Gasteiger partial charge on any atom is 0.152 e. The van der Waals surface area contributed by atoms with Gasteiger partial charge in [-0.15, -0.1) is 11.8 Å². The van der Waals surface area contributed by atoms with Crippen LogP contribution in [0, 0.1) is 0 Å². The van der Waals surface area contributed by atoms with E-state index in [4.69, 9.17) is 12.2 Å². The van der Waals surface area contributed by atoms with Crippen molar-refractivity contribution in [1.82, 2.24) is 4.90 Å². The highest BCUT2D eigenvalue weighted by molar-refractivity contribution is 8.22. The number of rotatable bonds is 4. The Morgan fingerprint density at radius 1 is 1.56 bits per heavy atom. The zero-order valence-corrected chi connectivity index (χ0v) is 12.3. The van der Waals surface area contributed by atoms with E-state index in [2.05, 4.69) is 11.8 Å². The van der Waals surface area contributed by atoms with Gasteiger partial charge in [0.25, 0.3) is 0 Å². The third-order valence-corrected chi connectivity index (χ3v) is 5.88. The maximum atomic E-state index is 11.5. The molecule has 1 rings (SSSR count). The van der Waals surface area contributed by atoms with Gasteiger partial charge in [-0.3, -0.25) is 0 Å². The van der Waals surface area contributed by atoms with Crippen LogP contribution in [0.25, 0.3) is 0 Å². The van der Waals surface area contributed by atoms with Gasteiger partial charge in [0.15, 0.2) is 9.84 Å². The number of sulfone groups is 1. The van der Waals surface area contributed by atoms with Crippen LogP contribution in [0.3, 0.4) is 0 Å². The minimum atomic E-state index is -2.82. The normalized spacial score (nSPS) is 23.2. The van der Waals surface area contributed by atoms with Gasteiger partial charge in [-0.2, -0.15) is 0 Å². The summed E-state index contributed by atoms with van der Waals surface area (Å²) in [4.78, 5) is 2.11. The van der Waals surface area contributed by atoms with Crippen LogP contribution in [0.5, 0.6) is 0 Å². The van der Waals surface area contributed by atoms with E-state index < -0.39 is 9.84 Å². The fourth-order valence-electron chi connectivity index (χ4n) is 1.89. The molecule has 0 aromatic rings. The van der Waals surface area contributed by atoms with E-state index >= 15 is 0 Å². The molecule has 94 valence electrons. The van der Waals surface area contributed by atoms with Crippen molar-refractivity contribution in [1.29, 1.82) is 0 Å². The molecule has 1 saturated heterocycles. The first-order valence-corrected chi connectivity index (χ1v) is 9.00. The fourth-order valence-corrected chi connectivity index (χ4v) is 4.34. The lowest BCUT2D eigenvalue weighted by atomic mass is 10.2. The lowest BCUT2D eigenvalue weighted by molar-refractivity contribution is 0.339. The molecule has 16 heavy (non-hydrogen) atoms. The molecule has 1 atom stereocenters. The molecule has 0 aromatic carbocycles. The second-order valence-electron chi connectivity index (χ2n) is 4.07. The predicted molar refractivity (Wildman–Crippen MR) is 74.8 cm³/mol. The quantitative estimate of drug-likeness (QED) is 0.736. The highest BCUT2D eigenvalue weighted by Gasteiger charge is 2.32. The van der Waals surface area contributed by atoms with Crippen LogP contribution < -0.4 is 0 Å². The van der Waals surface area contributed by atoms with Crippen molar-refractivity contribution >= 4 is 38.1 Å². The van der Waals surface area contributed by atoms with E-state index in [9.17, 15) is 8.42 Å². The molecule has 0 aromatic heterocycles. The van der Waals surface area contributed by atoms with Crippen LogP contribution in [0.4, 0.5) is 0 Å². The average molecular weight is 281 g/mol. The van der Waals surface area contributed by atoms with Gasteiger partial charge < -0.3 is 4.90 Å². The largest absolute Gasteiger partial charge is 0.353 e. The summed E-state index contributed by atoms with van der Waals surface area (Å²) in [6.45, 7) is 3.02. The van der Waals surface area contributed by atoms with Crippen molar-refractivity contribution in [3.05, 3.63) is 0 Å². The number of thioether (sulfide) groups is 1. The lowest BCUT2D eigenvalue weighted by Crippen LogP contribution is -2.39. The Labute approximate surface area is 108 Å². The van der Waals surface area contributed by atoms with Crippen LogP contribution >= 0.6 is 24.0 Å². The Morgan fingerprint density at radius 2 is 2.25 bits per heavy atom. The summed E-state index contributed by atoms with van der Waals surface area (Å²) in [5, 5.41) is 0. The zero-order valence-electron chi connectivity index (χ0n) is 9.81. The minimum absolute atomic E-state index is 0.108. The molecule has 0 aliphatic carbocycles. The molecular weight excluding hydrogens is 262 g/mol. The Hall–Kier alpha value is 0.190. The molecule has 1 heterocycles. The molecule has 0 amide bonds. The van der Waals surface area contributed by atoms with Gasteiger partial charge in [0, 0.05) is 12.6 Å². The van der Waals surface area contributed by atoms with Crippen LogP contribution in [-0.2, 0) is 9.84 Å². The van der Waals surface area contributed by atoms with Gasteiger partial charge >= 0.3 is 0 Å². The summed E-state index contributed by atoms with van der Waals surface area (Å²) in [7, 11) is -2.82. The van der Waals surface area contributed by atoms with Crippen LogP contribution in [0.1, 0.15) is 26.2 Å². The molecular formula is C10H19NO2S3. The van der Waals surface area contributed by atoms with Crippen molar-refractivity contribution in [2.75, 3.05) is 24.3 Å². The molecule has 0 spiro atoms. The van der Waals surface area contributed by atoms with Crippen molar-refractivity contribution in [2.45, 2.75) is 32.2 Å². The highest BCUT2D eigenvalue weighted by Crippen LogP contribution is 2.21. The van der Waals surface area contributed by atoms with Gasteiger partial charge in [0.1, 0.15) is 4.32 Å². The third-order valence-electron chi connectivity index (χ3n) is 2.81. The van der Waals surface area contributed by atoms with Gasteiger partial charge in [-0.1, -0.05) is 25.6 Å². The first-order valence-electron chi connectivity index (χ1n) is 5.55. The number of nitrogens with zero attached hydrogens (tertiary/aromatic N) is 1. The lowest BCUT2D eigenvalue weighted by Gasteiger charge is -2.29. The summed E-state index contributed by atoms with van der Waals surface area (Å²) in [6, 6.07) is 0.108. The van der Waals surface area contributed by atoms with Crippen molar-refractivity contribution in [3.8, 4) is 0 Å². The second kappa shape index (κ2) is 6.21. The Kier molecular flexibility index (Phi) is 5.53. The monoisotopic (exact) mass is 281 g/mol. The maximum absolute atomic E-state index is 11.5. The Balaban J connectivity index is 2.66. The molecule has 0 bridgehead atoms. The van der Waals surface area contributed by atoms with E-state index in [1.165, 1.54) is 11.8 Å². The number of hydrogen-bond donors (Lipinski definition) is 0. The third kappa shape index (κ3) is 3.89. The molecule has 0 N–H and O–H groups in total. The predicted octanol–water partition coefficient (Wildman–Crippen LogP) is 1.92. The van der Waals surface area contributed by atoms with Crippen LogP contribution in [0.2, 0.25) is 0 Å². The fraction of sp³-hybridized carbons (Fsp3) is 0.900. The van der Waals surface area contributed by atoms with Gasteiger partial charge in [-0.05, 0) is 19.1 Å². The first kappa shape index (κ1) is 14.3. The molecule has 0 radical (unpaired) electrons. The standard InChI is InChI=1S/C10H19NO2S3/c1-3-4-6-11(10(14)15-2)9-5-7-16(12,13)8-9/h9H,3-8H2,1-2H3/t9-/m1/s1. The second-order valence-corrected chi connectivity index (χ2v) is 7.74. The van der Waals surface area contributed by atoms with Crippen LogP contribution in [0.15, 0.2) is 0 Å². The molecule has 1 aliphatic heterocycles. The van der Waals surface area contributed by atoms with E-state index in [-0.39, 0.29) is 11.8 Å². The van der Waals surface area contributed by atoms with Crippen LogP contribution in [-0.4, -0.2) is 48.0 Å². The van der Waals surface area contributed by atoms with Crippen molar-refractivity contribution < 1.29 is 8.42 Å². The van der Waals surface area contributed by atoms with Gasteiger partial charge in [-0.25, -0.2) is 8.42 Å². The number of thiocarbonyl (C=S) groups is 1. The average Bonchev–Trinajstić information content (AvgIpc) is 2.59. The van der Waals surface area contributed by atoms with E-state index in [1.54, 1.807) is 0 Å². The Bertz CT molecular complexity index is 340. The molecule has 0 saturated carbocycles. The van der Waals surface area contributed by atoms with Gasteiger partial charge in [0.05, 0.1) is 11.5 Å². The molecule has 3 nitrogen and oxygen atoms in total. The summed E-state index contributed by atoms with van der Waals surface area (Å²) in [6.07, 6.45) is 4.85. The first-order chi connectivity index (χ1) is 7.50. The number of hydrogen-bond acceptors (Lipinski definition) is 4. The molecule has 1 aliphatic rings. The van der Waals surface area contributed by atoms with E-state index in [1.807, 2.05) is 6.26 Å². The zero-order chi connectivity index (χ0) is 12.2. The van der Waals surface area contributed by atoms with E-state index in [0.29, 0.717) is 5.75 Å². The summed E-state index contributed by atoms with van der Waals surface area (Å²) < 4.78 is 23.7. The minimum Gasteiger partial charge on any atom is -0.353 e. The van der Waals surface area contributed by atoms with Crippen molar-refractivity contribution in [2.24, 2.45) is 0 Å². The molecule has 6 heteroatoms. The SMILES string of the molecule is CCCCN(C(=S)SC)[C@@H]1CCS(=O)(=O)C1. The van der Waals surface area contributed by atoms with Gasteiger partial charge in [0.2, 0.25) is 0 Å². The highest BCUT2D eigenvalue weighted by atomic mass is 32.2. The Morgan fingerprint density at radius 3 is 2.69 bits per heavy atom. The molecule has 1 fully saturated rings. The summed E-state index contributed by atoms with van der Waals surface area (Å²) in [5.74, 6) is 0.592. The van der Waals surface area contributed by atoms with E-state index in [0.717, 1.165) is 30.1 Å². The summed E-state index contributed by atoms with van der Waals surface area (Å²) in [5.41, 5.74) is 0. The summed E-state index contributed by atoms with van der Waals surface area (Å²) >= 11 is 6.83. The number of unbranched alkanes of at least 4 members (excludes halogenated alkanes) is 1. The topological polar surface area (TPSA) is 37.4 Å². The van der Waals surface area contributed by atoms with Crippen molar-refractivity contribution in [3.63, 3.8) is 0 Å².